The van der Waals surface area contributed by atoms with E-state index in [0.717, 1.165) is 11.6 Å². The molecular formula is C17H19F2NS. The van der Waals surface area contributed by atoms with E-state index in [0.29, 0.717) is 16.6 Å². The molecule has 2 aromatic rings. The molecule has 1 atom stereocenters. The molecular weight excluding hydrogens is 288 g/mol. The van der Waals surface area contributed by atoms with E-state index in [1.807, 2.05) is 12.1 Å². The zero-order chi connectivity index (χ0) is 15.4. The van der Waals surface area contributed by atoms with Crippen LogP contribution in [0.5, 0.6) is 0 Å². The third-order valence-corrected chi connectivity index (χ3v) is 4.46. The summed E-state index contributed by atoms with van der Waals surface area (Å²) in [6, 6.07) is 12.0. The summed E-state index contributed by atoms with van der Waals surface area (Å²) in [5.74, 6) is -0.541. The fraction of sp³-hybridized carbons (Fsp3) is 0.294. The molecule has 4 heteroatoms. The van der Waals surface area contributed by atoms with Crippen LogP contribution in [0.4, 0.5) is 8.78 Å². The molecule has 0 aliphatic rings. The predicted octanol–water partition coefficient (Wildman–Crippen LogP) is 4.88. The molecule has 0 amide bonds. The van der Waals surface area contributed by atoms with E-state index in [1.165, 1.54) is 23.4 Å². The van der Waals surface area contributed by atoms with Gasteiger partial charge >= 0.3 is 0 Å². The van der Waals surface area contributed by atoms with Crippen LogP contribution in [0.2, 0.25) is 0 Å². The standard InChI is InChI=1S/C17H19F2NS/c1-11(2)12-3-5-13(6-4-12)17(20)10-21-14-7-8-15(18)16(19)9-14/h3-9,11,17H,10,20H2,1-2H3. The topological polar surface area (TPSA) is 26.0 Å². The Kier molecular flexibility index (Phi) is 5.37. The highest BCUT2D eigenvalue weighted by atomic mass is 32.2. The lowest BCUT2D eigenvalue weighted by atomic mass is 10.00. The lowest BCUT2D eigenvalue weighted by molar-refractivity contribution is 0.506. The van der Waals surface area contributed by atoms with Crippen molar-refractivity contribution in [2.45, 2.75) is 30.7 Å². The van der Waals surface area contributed by atoms with Gasteiger partial charge in [0.2, 0.25) is 0 Å². The second-order valence-corrected chi connectivity index (χ2v) is 6.41. The quantitative estimate of drug-likeness (QED) is 0.797. The molecule has 0 bridgehead atoms. The van der Waals surface area contributed by atoms with Gasteiger partial charge in [0.25, 0.3) is 0 Å². The van der Waals surface area contributed by atoms with Crippen molar-refractivity contribution in [2.24, 2.45) is 5.73 Å². The lowest BCUT2D eigenvalue weighted by Gasteiger charge is -2.13. The van der Waals surface area contributed by atoms with Gasteiger partial charge in [-0.25, -0.2) is 8.78 Å². The van der Waals surface area contributed by atoms with Gasteiger partial charge in [-0.2, -0.15) is 0 Å². The molecule has 0 saturated carbocycles. The van der Waals surface area contributed by atoms with Crippen LogP contribution in [-0.2, 0) is 0 Å². The fourth-order valence-electron chi connectivity index (χ4n) is 1.98. The Morgan fingerprint density at radius 3 is 2.14 bits per heavy atom. The van der Waals surface area contributed by atoms with Gasteiger partial charge in [-0.05, 0) is 35.2 Å². The fourth-order valence-corrected chi connectivity index (χ4v) is 2.89. The molecule has 0 spiro atoms. The summed E-state index contributed by atoms with van der Waals surface area (Å²) in [4.78, 5) is 0.683. The van der Waals surface area contributed by atoms with E-state index in [4.69, 9.17) is 5.73 Å². The maximum atomic E-state index is 13.1. The number of thioether (sulfide) groups is 1. The Morgan fingerprint density at radius 1 is 0.952 bits per heavy atom. The number of halogens is 2. The molecule has 0 radical (unpaired) electrons. The highest BCUT2D eigenvalue weighted by Crippen LogP contribution is 2.25. The first-order chi connectivity index (χ1) is 9.97. The van der Waals surface area contributed by atoms with Crippen LogP contribution in [0.25, 0.3) is 0 Å². The largest absolute Gasteiger partial charge is 0.323 e. The molecule has 0 saturated heterocycles. The predicted molar refractivity (Wildman–Crippen MR) is 84.5 cm³/mol. The number of hydrogen-bond acceptors (Lipinski definition) is 2. The zero-order valence-electron chi connectivity index (χ0n) is 12.1. The smallest absolute Gasteiger partial charge is 0.159 e. The number of benzene rings is 2. The Bertz CT molecular complexity index is 596. The zero-order valence-corrected chi connectivity index (χ0v) is 13.0. The van der Waals surface area contributed by atoms with Crippen molar-refractivity contribution >= 4 is 11.8 Å². The highest BCUT2D eigenvalue weighted by molar-refractivity contribution is 7.99. The molecule has 1 unspecified atom stereocenters. The van der Waals surface area contributed by atoms with Gasteiger partial charge in [0.05, 0.1) is 0 Å². The Labute approximate surface area is 128 Å². The summed E-state index contributed by atoms with van der Waals surface area (Å²) < 4.78 is 26.0. The van der Waals surface area contributed by atoms with Crippen LogP contribution in [0.3, 0.4) is 0 Å². The molecule has 0 aromatic heterocycles. The van der Waals surface area contributed by atoms with Crippen LogP contribution >= 0.6 is 11.8 Å². The molecule has 2 N–H and O–H groups in total. The second kappa shape index (κ2) is 7.05. The molecule has 21 heavy (non-hydrogen) atoms. The van der Waals surface area contributed by atoms with Crippen molar-refractivity contribution in [1.29, 1.82) is 0 Å². The van der Waals surface area contributed by atoms with Gasteiger partial charge in [0, 0.05) is 16.7 Å². The van der Waals surface area contributed by atoms with E-state index in [2.05, 4.69) is 26.0 Å². The third-order valence-electron chi connectivity index (χ3n) is 3.35. The molecule has 2 aromatic carbocycles. The van der Waals surface area contributed by atoms with E-state index < -0.39 is 11.6 Å². The van der Waals surface area contributed by atoms with Crippen molar-refractivity contribution in [1.82, 2.24) is 0 Å². The normalized spacial score (nSPS) is 12.7. The van der Waals surface area contributed by atoms with Gasteiger partial charge in [0.15, 0.2) is 11.6 Å². The summed E-state index contributed by atoms with van der Waals surface area (Å²) in [5, 5.41) is 0. The molecule has 112 valence electrons. The minimum atomic E-state index is -0.826. The van der Waals surface area contributed by atoms with E-state index >= 15 is 0 Å². The first kappa shape index (κ1) is 16.0. The average Bonchev–Trinajstić information content (AvgIpc) is 2.48. The summed E-state index contributed by atoms with van der Waals surface area (Å²) >= 11 is 1.43. The maximum absolute atomic E-state index is 13.1. The summed E-state index contributed by atoms with van der Waals surface area (Å²) in [6.45, 7) is 4.29. The maximum Gasteiger partial charge on any atom is 0.159 e. The Hall–Kier alpha value is -1.39. The lowest BCUT2D eigenvalue weighted by Crippen LogP contribution is -2.13. The molecule has 2 rings (SSSR count). The number of nitrogens with two attached hydrogens (primary N) is 1. The van der Waals surface area contributed by atoms with E-state index in [9.17, 15) is 8.78 Å². The molecule has 0 aliphatic heterocycles. The van der Waals surface area contributed by atoms with Crippen LogP contribution < -0.4 is 5.73 Å². The van der Waals surface area contributed by atoms with Crippen molar-refractivity contribution < 1.29 is 8.78 Å². The summed E-state index contributed by atoms with van der Waals surface area (Å²) in [6.07, 6.45) is 0. The minimum absolute atomic E-state index is 0.135. The van der Waals surface area contributed by atoms with E-state index in [-0.39, 0.29) is 6.04 Å². The SMILES string of the molecule is CC(C)c1ccc(C(N)CSc2ccc(F)c(F)c2)cc1. The van der Waals surface area contributed by atoms with Gasteiger partial charge in [-0.1, -0.05) is 38.1 Å². The Morgan fingerprint density at radius 2 is 1.57 bits per heavy atom. The highest BCUT2D eigenvalue weighted by Gasteiger charge is 2.09. The Balaban J connectivity index is 1.97. The van der Waals surface area contributed by atoms with Crippen LogP contribution in [-0.4, -0.2) is 5.75 Å². The van der Waals surface area contributed by atoms with Crippen LogP contribution in [0.1, 0.15) is 36.9 Å². The number of rotatable bonds is 5. The van der Waals surface area contributed by atoms with Crippen molar-refractivity contribution in [3.8, 4) is 0 Å². The van der Waals surface area contributed by atoms with Crippen molar-refractivity contribution in [2.75, 3.05) is 5.75 Å². The monoisotopic (exact) mass is 307 g/mol. The van der Waals surface area contributed by atoms with Gasteiger partial charge in [0.1, 0.15) is 0 Å². The molecule has 1 nitrogen and oxygen atoms in total. The van der Waals surface area contributed by atoms with Crippen molar-refractivity contribution in [3.63, 3.8) is 0 Å². The minimum Gasteiger partial charge on any atom is -0.323 e. The first-order valence-electron chi connectivity index (χ1n) is 6.90. The molecule has 0 aliphatic carbocycles. The second-order valence-electron chi connectivity index (χ2n) is 5.31. The average molecular weight is 307 g/mol. The van der Waals surface area contributed by atoms with Crippen LogP contribution in [0.15, 0.2) is 47.4 Å². The third kappa shape index (κ3) is 4.29. The summed E-state index contributed by atoms with van der Waals surface area (Å²) in [7, 11) is 0. The van der Waals surface area contributed by atoms with Crippen LogP contribution in [0, 0.1) is 11.6 Å². The van der Waals surface area contributed by atoms with E-state index in [1.54, 1.807) is 6.07 Å². The first-order valence-corrected chi connectivity index (χ1v) is 7.89. The summed E-state index contributed by atoms with van der Waals surface area (Å²) in [5.41, 5.74) is 8.48. The van der Waals surface area contributed by atoms with Gasteiger partial charge in [-0.3, -0.25) is 0 Å². The molecule has 0 fully saturated rings. The van der Waals surface area contributed by atoms with Crippen molar-refractivity contribution in [3.05, 3.63) is 65.2 Å². The van der Waals surface area contributed by atoms with Gasteiger partial charge in [-0.15, -0.1) is 11.8 Å². The number of hydrogen-bond donors (Lipinski definition) is 1. The van der Waals surface area contributed by atoms with Gasteiger partial charge < -0.3 is 5.73 Å². The molecule has 0 heterocycles.